The molecule has 0 aliphatic rings. The van der Waals surface area contributed by atoms with Crippen LogP contribution in [0.15, 0.2) is 40.9 Å². The zero-order valence-corrected chi connectivity index (χ0v) is 12.2. The van der Waals surface area contributed by atoms with E-state index in [0.717, 1.165) is 6.07 Å². The Kier molecular flexibility index (Phi) is 4.20. The van der Waals surface area contributed by atoms with Crippen LogP contribution < -0.4 is 0 Å². The maximum atomic E-state index is 13.8. The lowest BCUT2D eigenvalue weighted by Gasteiger charge is -2.25. The van der Waals surface area contributed by atoms with Crippen LogP contribution in [0, 0.1) is 17.5 Å². The molecule has 0 aliphatic carbocycles. The lowest BCUT2D eigenvalue weighted by molar-refractivity contribution is 0.0528. The molecule has 0 aromatic heterocycles. The minimum absolute atomic E-state index is 0.0499. The summed E-state index contributed by atoms with van der Waals surface area (Å²) in [6.07, 6.45) is -0.0499. The number of aliphatic hydroxyl groups is 1. The molecule has 2 aromatic carbocycles. The van der Waals surface area contributed by atoms with E-state index in [0.29, 0.717) is 10.0 Å². The Morgan fingerprint density at radius 1 is 1.15 bits per heavy atom. The minimum Gasteiger partial charge on any atom is -0.385 e. The summed E-state index contributed by atoms with van der Waals surface area (Å²) in [4.78, 5) is 0. The van der Waals surface area contributed by atoms with Gasteiger partial charge in [0, 0.05) is 16.5 Å². The van der Waals surface area contributed by atoms with Crippen LogP contribution in [0.25, 0.3) is 0 Å². The van der Waals surface area contributed by atoms with Gasteiger partial charge in [-0.3, -0.25) is 0 Å². The number of rotatable bonds is 3. The molecule has 1 unspecified atom stereocenters. The smallest absolute Gasteiger partial charge is 0.164 e. The van der Waals surface area contributed by atoms with E-state index in [-0.39, 0.29) is 12.0 Å². The summed E-state index contributed by atoms with van der Waals surface area (Å²) in [6.45, 7) is 1.36. The van der Waals surface area contributed by atoms with E-state index in [2.05, 4.69) is 15.9 Å². The molecule has 0 fully saturated rings. The van der Waals surface area contributed by atoms with Gasteiger partial charge < -0.3 is 5.11 Å². The fourth-order valence-electron chi connectivity index (χ4n) is 2.06. The molecule has 1 N–H and O–H groups in total. The quantitative estimate of drug-likeness (QED) is 0.879. The molecule has 0 heterocycles. The van der Waals surface area contributed by atoms with Gasteiger partial charge in [0.2, 0.25) is 0 Å². The van der Waals surface area contributed by atoms with E-state index in [9.17, 15) is 18.3 Å². The van der Waals surface area contributed by atoms with E-state index < -0.39 is 23.1 Å². The molecule has 0 saturated heterocycles. The molecule has 20 heavy (non-hydrogen) atoms. The molecule has 0 radical (unpaired) electrons. The van der Waals surface area contributed by atoms with E-state index in [1.54, 1.807) is 0 Å². The molecular formula is C15H12BrF3O. The number of halogens is 4. The third-order valence-corrected chi connectivity index (χ3v) is 3.85. The summed E-state index contributed by atoms with van der Waals surface area (Å²) in [7, 11) is 0. The first-order valence-electron chi connectivity index (χ1n) is 5.92. The van der Waals surface area contributed by atoms with Gasteiger partial charge in [0.1, 0.15) is 5.82 Å². The number of hydrogen-bond donors (Lipinski definition) is 1. The monoisotopic (exact) mass is 344 g/mol. The van der Waals surface area contributed by atoms with Gasteiger partial charge >= 0.3 is 0 Å². The van der Waals surface area contributed by atoms with Crippen molar-refractivity contribution in [2.45, 2.75) is 18.9 Å². The van der Waals surface area contributed by atoms with Gasteiger partial charge in [0.05, 0.1) is 5.60 Å². The normalized spacial score (nSPS) is 14.1. The standard InChI is InChI=1S/C15H12BrF3O/c1-15(20,11-3-2-4-13(18)14(11)19)8-9-7-10(17)5-6-12(9)16/h2-7,20H,8H2,1H3. The molecule has 5 heteroatoms. The molecule has 106 valence electrons. The topological polar surface area (TPSA) is 20.2 Å². The Labute approximate surface area is 123 Å². The fraction of sp³-hybridized carbons (Fsp3) is 0.200. The van der Waals surface area contributed by atoms with Crippen LogP contribution >= 0.6 is 15.9 Å². The van der Waals surface area contributed by atoms with E-state index >= 15 is 0 Å². The van der Waals surface area contributed by atoms with Crippen molar-refractivity contribution in [2.75, 3.05) is 0 Å². The molecule has 2 rings (SSSR count). The summed E-state index contributed by atoms with van der Waals surface area (Å²) >= 11 is 3.24. The SMILES string of the molecule is CC(O)(Cc1cc(F)ccc1Br)c1cccc(F)c1F. The highest BCUT2D eigenvalue weighted by molar-refractivity contribution is 9.10. The molecule has 0 spiro atoms. The molecule has 0 aliphatic heterocycles. The second-order valence-electron chi connectivity index (χ2n) is 4.79. The number of hydrogen-bond acceptors (Lipinski definition) is 1. The maximum Gasteiger partial charge on any atom is 0.164 e. The Morgan fingerprint density at radius 3 is 2.55 bits per heavy atom. The molecule has 2 aromatic rings. The molecular weight excluding hydrogens is 333 g/mol. The second-order valence-corrected chi connectivity index (χ2v) is 5.64. The van der Waals surface area contributed by atoms with Gasteiger partial charge in [0.15, 0.2) is 11.6 Å². The molecule has 1 nitrogen and oxygen atoms in total. The van der Waals surface area contributed by atoms with Crippen molar-refractivity contribution in [1.82, 2.24) is 0 Å². The molecule has 0 saturated carbocycles. The van der Waals surface area contributed by atoms with E-state index in [1.165, 1.54) is 37.3 Å². The average molecular weight is 345 g/mol. The van der Waals surface area contributed by atoms with Crippen LogP contribution in [-0.4, -0.2) is 5.11 Å². The molecule has 0 amide bonds. The van der Waals surface area contributed by atoms with Gasteiger partial charge in [-0.15, -0.1) is 0 Å². The van der Waals surface area contributed by atoms with Crippen molar-refractivity contribution in [3.8, 4) is 0 Å². The van der Waals surface area contributed by atoms with Crippen molar-refractivity contribution >= 4 is 15.9 Å². The molecule has 1 atom stereocenters. The third kappa shape index (κ3) is 3.04. The number of benzene rings is 2. The summed E-state index contributed by atoms with van der Waals surface area (Å²) in [5.41, 5.74) is -1.34. The lowest BCUT2D eigenvalue weighted by atomic mass is 9.88. The van der Waals surface area contributed by atoms with Gasteiger partial charge in [-0.2, -0.15) is 0 Å². The van der Waals surface area contributed by atoms with Gasteiger partial charge in [-0.05, 0) is 36.8 Å². The Hall–Kier alpha value is -1.33. The van der Waals surface area contributed by atoms with Crippen molar-refractivity contribution in [3.63, 3.8) is 0 Å². The van der Waals surface area contributed by atoms with E-state index in [1.807, 2.05) is 0 Å². The van der Waals surface area contributed by atoms with Crippen LogP contribution in [-0.2, 0) is 12.0 Å². The largest absolute Gasteiger partial charge is 0.385 e. The van der Waals surface area contributed by atoms with Gasteiger partial charge in [0.25, 0.3) is 0 Å². The Bertz CT molecular complexity index is 641. The minimum atomic E-state index is -1.65. The highest BCUT2D eigenvalue weighted by atomic mass is 79.9. The summed E-state index contributed by atoms with van der Waals surface area (Å²) in [6, 6.07) is 7.63. The summed E-state index contributed by atoms with van der Waals surface area (Å²) in [5, 5.41) is 10.4. The van der Waals surface area contributed by atoms with Crippen molar-refractivity contribution in [1.29, 1.82) is 0 Å². The first-order chi connectivity index (χ1) is 9.31. The average Bonchev–Trinajstić information content (AvgIpc) is 2.36. The van der Waals surface area contributed by atoms with Gasteiger partial charge in [-0.25, -0.2) is 13.2 Å². The van der Waals surface area contributed by atoms with Gasteiger partial charge in [-0.1, -0.05) is 28.1 Å². The van der Waals surface area contributed by atoms with Crippen LogP contribution in [0.3, 0.4) is 0 Å². The highest BCUT2D eigenvalue weighted by Crippen LogP contribution is 2.31. The highest BCUT2D eigenvalue weighted by Gasteiger charge is 2.29. The van der Waals surface area contributed by atoms with Crippen LogP contribution in [0.5, 0.6) is 0 Å². The zero-order valence-electron chi connectivity index (χ0n) is 10.6. The lowest BCUT2D eigenvalue weighted by Crippen LogP contribution is -2.26. The predicted octanol–water partition coefficient (Wildman–Crippen LogP) is 4.32. The maximum absolute atomic E-state index is 13.8. The van der Waals surface area contributed by atoms with Crippen molar-refractivity contribution in [2.24, 2.45) is 0 Å². The summed E-state index contributed by atoms with van der Waals surface area (Å²) < 4.78 is 40.8. The van der Waals surface area contributed by atoms with Crippen LogP contribution in [0.4, 0.5) is 13.2 Å². The fourth-order valence-corrected chi connectivity index (χ4v) is 2.45. The second kappa shape index (κ2) is 5.58. The first-order valence-corrected chi connectivity index (χ1v) is 6.71. The van der Waals surface area contributed by atoms with Crippen LogP contribution in [0.2, 0.25) is 0 Å². The summed E-state index contributed by atoms with van der Waals surface area (Å²) in [5.74, 6) is -2.58. The molecule has 0 bridgehead atoms. The van der Waals surface area contributed by atoms with E-state index in [4.69, 9.17) is 0 Å². The van der Waals surface area contributed by atoms with Crippen LogP contribution in [0.1, 0.15) is 18.1 Å². The Balaban J connectivity index is 2.40. The van der Waals surface area contributed by atoms with Crippen molar-refractivity contribution in [3.05, 3.63) is 69.4 Å². The third-order valence-electron chi connectivity index (χ3n) is 3.07. The first kappa shape index (κ1) is 15.1. The predicted molar refractivity (Wildman–Crippen MR) is 73.7 cm³/mol. The van der Waals surface area contributed by atoms with Crippen molar-refractivity contribution < 1.29 is 18.3 Å². The Morgan fingerprint density at radius 2 is 1.85 bits per heavy atom. The zero-order chi connectivity index (χ0) is 14.9.